The average molecular weight is 265 g/mol. The van der Waals surface area contributed by atoms with Crippen LogP contribution < -0.4 is 14.4 Å². The molecule has 0 aliphatic carbocycles. The first-order valence-electron chi connectivity index (χ1n) is 6.88. The molecule has 0 bridgehead atoms. The summed E-state index contributed by atoms with van der Waals surface area (Å²) in [5.74, 6) is 1.95. The van der Waals surface area contributed by atoms with Crippen LogP contribution in [0.5, 0.6) is 11.5 Å². The van der Waals surface area contributed by atoms with Gasteiger partial charge in [0.25, 0.3) is 0 Å². The lowest BCUT2D eigenvalue weighted by Gasteiger charge is -2.27. The molecule has 1 unspecified atom stereocenters. The third-order valence-electron chi connectivity index (χ3n) is 3.64. The normalized spacial score (nSPS) is 15.2. The Morgan fingerprint density at radius 3 is 2.47 bits per heavy atom. The number of aliphatic hydroxyl groups is 1. The summed E-state index contributed by atoms with van der Waals surface area (Å²) in [5.41, 5.74) is 2.30. The second-order valence-electron chi connectivity index (χ2n) is 5.12. The van der Waals surface area contributed by atoms with Gasteiger partial charge < -0.3 is 19.5 Å². The molecule has 0 spiro atoms. The van der Waals surface area contributed by atoms with Crippen LogP contribution >= 0.6 is 0 Å². The van der Waals surface area contributed by atoms with Crippen molar-refractivity contribution in [3.05, 3.63) is 17.7 Å². The molecule has 1 atom stereocenters. The van der Waals surface area contributed by atoms with Gasteiger partial charge >= 0.3 is 0 Å². The highest BCUT2D eigenvalue weighted by Crippen LogP contribution is 2.36. The number of ether oxygens (including phenoxy) is 2. The Morgan fingerprint density at radius 2 is 1.89 bits per heavy atom. The number of aliphatic hydroxyl groups excluding tert-OH is 1. The minimum absolute atomic E-state index is 0.227. The molecular formula is C15H23NO3. The zero-order chi connectivity index (χ0) is 13.8. The Morgan fingerprint density at radius 1 is 1.26 bits per heavy atom. The van der Waals surface area contributed by atoms with Crippen LogP contribution in [-0.2, 0) is 0 Å². The molecule has 1 aromatic rings. The molecule has 1 heterocycles. The van der Waals surface area contributed by atoms with Crippen molar-refractivity contribution < 1.29 is 14.6 Å². The van der Waals surface area contributed by atoms with Crippen molar-refractivity contribution in [3.63, 3.8) is 0 Å². The fraction of sp³-hybridized carbons (Fsp3) is 0.600. The van der Waals surface area contributed by atoms with Crippen LogP contribution in [0.3, 0.4) is 0 Å². The summed E-state index contributed by atoms with van der Waals surface area (Å²) in [6.45, 7) is 6.46. The molecule has 0 radical (unpaired) electrons. The summed E-state index contributed by atoms with van der Waals surface area (Å²) >= 11 is 0. The summed E-state index contributed by atoms with van der Waals surface area (Å²) in [6, 6.07) is 4.06. The molecule has 106 valence electrons. The minimum Gasteiger partial charge on any atom is -0.486 e. The van der Waals surface area contributed by atoms with Gasteiger partial charge in [-0.3, -0.25) is 0 Å². The van der Waals surface area contributed by atoms with E-state index in [4.69, 9.17) is 9.47 Å². The van der Waals surface area contributed by atoms with Crippen molar-refractivity contribution in [2.75, 3.05) is 38.3 Å². The van der Waals surface area contributed by atoms with Gasteiger partial charge in [0, 0.05) is 32.0 Å². The summed E-state index contributed by atoms with van der Waals surface area (Å²) in [4.78, 5) is 2.18. The van der Waals surface area contributed by atoms with Crippen LogP contribution in [0.2, 0.25) is 0 Å². The summed E-state index contributed by atoms with van der Waals surface area (Å²) in [6.07, 6.45) is 0.977. The molecule has 19 heavy (non-hydrogen) atoms. The molecule has 0 aromatic heterocycles. The number of aryl methyl sites for hydroxylation is 1. The lowest BCUT2D eigenvalue weighted by atomic mass is 10.1. The third kappa shape index (κ3) is 3.13. The van der Waals surface area contributed by atoms with E-state index in [1.807, 2.05) is 12.1 Å². The molecule has 0 saturated heterocycles. The molecule has 4 nitrogen and oxygen atoms in total. The van der Waals surface area contributed by atoms with Crippen LogP contribution in [0.15, 0.2) is 12.1 Å². The Labute approximate surface area is 114 Å². The van der Waals surface area contributed by atoms with Crippen LogP contribution in [-0.4, -0.2) is 38.5 Å². The topological polar surface area (TPSA) is 41.9 Å². The fourth-order valence-corrected chi connectivity index (χ4v) is 2.39. The summed E-state index contributed by atoms with van der Waals surface area (Å²) in [5, 5.41) is 9.31. The first-order chi connectivity index (χ1) is 9.15. The molecule has 0 amide bonds. The number of hydrogen-bond acceptors (Lipinski definition) is 4. The largest absolute Gasteiger partial charge is 0.486 e. The zero-order valence-electron chi connectivity index (χ0n) is 12.0. The van der Waals surface area contributed by atoms with Crippen LogP contribution in [0.4, 0.5) is 5.69 Å². The van der Waals surface area contributed by atoms with Gasteiger partial charge in [0.1, 0.15) is 13.2 Å². The van der Waals surface area contributed by atoms with Crippen molar-refractivity contribution in [2.24, 2.45) is 5.92 Å². The van der Waals surface area contributed by atoms with Gasteiger partial charge in [-0.1, -0.05) is 6.92 Å². The van der Waals surface area contributed by atoms with Gasteiger partial charge in [-0.25, -0.2) is 0 Å². The first kappa shape index (κ1) is 14.0. The molecule has 0 fully saturated rings. The number of nitrogens with zero attached hydrogens (tertiary/aromatic N) is 1. The van der Waals surface area contributed by atoms with Gasteiger partial charge in [0.2, 0.25) is 0 Å². The van der Waals surface area contributed by atoms with Crippen LogP contribution in [0.1, 0.15) is 18.9 Å². The van der Waals surface area contributed by atoms with Crippen molar-refractivity contribution in [3.8, 4) is 11.5 Å². The highest BCUT2D eigenvalue weighted by molar-refractivity contribution is 5.61. The summed E-state index contributed by atoms with van der Waals surface area (Å²) < 4.78 is 11.2. The van der Waals surface area contributed by atoms with Gasteiger partial charge in [0.15, 0.2) is 11.5 Å². The minimum atomic E-state index is 0.227. The van der Waals surface area contributed by atoms with E-state index in [2.05, 4.69) is 25.8 Å². The molecule has 1 aromatic carbocycles. The average Bonchev–Trinajstić information content (AvgIpc) is 2.43. The predicted molar refractivity (Wildman–Crippen MR) is 76.3 cm³/mol. The van der Waals surface area contributed by atoms with Crippen molar-refractivity contribution in [1.82, 2.24) is 0 Å². The quantitative estimate of drug-likeness (QED) is 0.886. The highest BCUT2D eigenvalue weighted by Gasteiger charge is 2.17. The lowest BCUT2D eigenvalue weighted by molar-refractivity contribution is 0.171. The van der Waals surface area contributed by atoms with E-state index in [9.17, 15) is 5.11 Å². The van der Waals surface area contributed by atoms with Gasteiger partial charge in [-0.15, -0.1) is 0 Å². The van der Waals surface area contributed by atoms with Crippen molar-refractivity contribution >= 4 is 5.69 Å². The van der Waals surface area contributed by atoms with Gasteiger partial charge in [0.05, 0.1) is 0 Å². The fourth-order valence-electron chi connectivity index (χ4n) is 2.39. The first-order valence-corrected chi connectivity index (χ1v) is 6.88. The van der Waals surface area contributed by atoms with Gasteiger partial charge in [-0.05, 0) is 30.9 Å². The molecule has 2 rings (SSSR count). The third-order valence-corrected chi connectivity index (χ3v) is 3.64. The zero-order valence-corrected chi connectivity index (χ0v) is 12.0. The number of benzene rings is 1. The number of anilines is 1. The number of hydrogen-bond donors (Lipinski definition) is 1. The maximum Gasteiger partial charge on any atom is 0.163 e. The maximum absolute atomic E-state index is 9.31. The summed E-state index contributed by atoms with van der Waals surface area (Å²) in [7, 11) is 2.05. The Kier molecular flexibility index (Phi) is 4.53. The number of fused-ring (bicyclic) bond motifs is 1. The SMILES string of the molecule is CCC(CO)CN(C)c1cc2c(cc1C)OCCO2. The second kappa shape index (κ2) is 6.15. The van der Waals surface area contributed by atoms with E-state index in [-0.39, 0.29) is 6.61 Å². The van der Waals surface area contributed by atoms with E-state index < -0.39 is 0 Å². The van der Waals surface area contributed by atoms with E-state index in [1.54, 1.807) is 0 Å². The Bertz CT molecular complexity index is 430. The van der Waals surface area contributed by atoms with Crippen LogP contribution in [0.25, 0.3) is 0 Å². The number of rotatable bonds is 5. The van der Waals surface area contributed by atoms with E-state index in [1.165, 1.54) is 5.56 Å². The molecule has 4 heteroatoms. The molecule has 1 aliphatic rings. The Hall–Kier alpha value is -1.42. The Balaban J connectivity index is 2.19. The molecule has 1 aliphatic heterocycles. The van der Waals surface area contributed by atoms with Crippen LogP contribution in [0, 0.1) is 12.8 Å². The molecule has 1 N–H and O–H groups in total. The monoisotopic (exact) mass is 265 g/mol. The van der Waals surface area contributed by atoms with Crippen molar-refractivity contribution in [2.45, 2.75) is 20.3 Å². The second-order valence-corrected chi connectivity index (χ2v) is 5.12. The van der Waals surface area contributed by atoms with E-state index in [0.717, 1.165) is 30.2 Å². The van der Waals surface area contributed by atoms with Gasteiger partial charge in [-0.2, -0.15) is 0 Å². The standard InChI is InChI=1S/C15H23NO3/c1-4-12(10-17)9-16(3)13-8-15-14(7-11(13)2)18-5-6-19-15/h7-8,12,17H,4-6,9-10H2,1-3H3. The van der Waals surface area contributed by atoms with E-state index >= 15 is 0 Å². The molecule has 0 saturated carbocycles. The lowest BCUT2D eigenvalue weighted by Crippen LogP contribution is -2.28. The van der Waals surface area contributed by atoms with E-state index in [0.29, 0.717) is 19.1 Å². The van der Waals surface area contributed by atoms with Crippen molar-refractivity contribution in [1.29, 1.82) is 0 Å². The highest BCUT2D eigenvalue weighted by atomic mass is 16.6. The predicted octanol–water partition coefficient (Wildman–Crippen LogP) is 2.22. The smallest absolute Gasteiger partial charge is 0.163 e. The maximum atomic E-state index is 9.31. The molecular weight excluding hydrogens is 242 g/mol.